The molecule has 0 fully saturated rings. The smallest absolute Gasteiger partial charge is 0.339 e. The number of hydrogen-bond donors (Lipinski definition) is 1. The largest absolute Gasteiger partial charge is 0.491 e. The van der Waals surface area contributed by atoms with Crippen LogP contribution in [-0.4, -0.2) is 16.3 Å². The molecule has 92 valence electrons. The minimum atomic E-state index is -0.919. The van der Waals surface area contributed by atoms with E-state index in [4.69, 9.17) is 4.74 Å². The number of rotatable bonds is 1. The average molecular weight is 260 g/mol. The summed E-state index contributed by atoms with van der Waals surface area (Å²) in [5.74, 6) is -0.316. The summed E-state index contributed by atoms with van der Waals surface area (Å²) in [4.78, 5) is 12.4. The molecule has 1 aliphatic carbocycles. The summed E-state index contributed by atoms with van der Waals surface area (Å²) in [5.41, 5.74) is 1.40. The van der Waals surface area contributed by atoms with Crippen molar-refractivity contribution in [2.24, 2.45) is 0 Å². The number of carbonyl (C=O) groups is 1. The summed E-state index contributed by atoms with van der Waals surface area (Å²) in [6.45, 7) is 0.444. The van der Waals surface area contributed by atoms with Gasteiger partial charge >= 0.3 is 5.97 Å². The van der Waals surface area contributed by atoms with Crippen LogP contribution >= 0.6 is 11.8 Å². The van der Waals surface area contributed by atoms with Gasteiger partial charge in [-0.1, -0.05) is 24.3 Å². The molecule has 3 nitrogen and oxygen atoms in total. The number of aliphatic carboxylic acids is 1. The van der Waals surface area contributed by atoms with Crippen molar-refractivity contribution in [1.82, 2.24) is 0 Å². The standard InChI is InChI=1S/C14H12O3S/c15-14(16)10-5-3-7-12-13(10)17-8-9-4-1-2-6-11(9)18-12/h1-6,12H,7-8H2,(H,15,16). The van der Waals surface area contributed by atoms with E-state index in [-0.39, 0.29) is 10.8 Å². The lowest BCUT2D eigenvalue weighted by Gasteiger charge is -2.20. The van der Waals surface area contributed by atoms with Gasteiger partial charge in [0, 0.05) is 10.5 Å². The fourth-order valence-electron chi connectivity index (χ4n) is 2.17. The van der Waals surface area contributed by atoms with Crippen molar-refractivity contribution in [2.75, 3.05) is 0 Å². The Balaban J connectivity index is 2.02. The van der Waals surface area contributed by atoms with Crippen LogP contribution in [0.2, 0.25) is 0 Å². The van der Waals surface area contributed by atoms with E-state index in [0.29, 0.717) is 12.4 Å². The zero-order chi connectivity index (χ0) is 12.5. The first-order valence-corrected chi connectivity index (χ1v) is 6.65. The minimum absolute atomic E-state index is 0.0738. The Labute approximate surface area is 109 Å². The van der Waals surface area contributed by atoms with Crippen LogP contribution < -0.4 is 0 Å². The third-order valence-corrected chi connectivity index (χ3v) is 4.39. The second-order valence-corrected chi connectivity index (χ2v) is 5.47. The van der Waals surface area contributed by atoms with Crippen LogP contribution in [0.15, 0.2) is 52.6 Å². The molecular formula is C14H12O3S. The number of carboxylic acid groups (broad SMARTS) is 1. The highest BCUT2D eigenvalue weighted by Gasteiger charge is 2.29. The molecule has 4 heteroatoms. The highest BCUT2D eigenvalue weighted by molar-refractivity contribution is 8.00. The fourth-order valence-corrected chi connectivity index (χ4v) is 3.42. The molecule has 1 heterocycles. The van der Waals surface area contributed by atoms with Crippen LogP contribution in [0.5, 0.6) is 0 Å². The number of ether oxygens (including phenoxy) is 1. The molecule has 0 amide bonds. The van der Waals surface area contributed by atoms with Gasteiger partial charge in [0.2, 0.25) is 0 Å². The molecular weight excluding hydrogens is 248 g/mol. The topological polar surface area (TPSA) is 46.5 Å². The number of carboxylic acids is 1. The highest BCUT2D eigenvalue weighted by Crippen LogP contribution is 2.40. The van der Waals surface area contributed by atoms with Crippen molar-refractivity contribution in [2.45, 2.75) is 23.2 Å². The van der Waals surface area contributed by atoms with Gasteiger partial charge < -0.3 is 9.84 Å². The summed E-state index contributed by atoms with van der Waals surface area (Å²) in [7, 11) is 0. The number of thioether (sulfide) groups is 1. The third kappa shape index (κ3) is 1.93. The maximum absolute atomic E-state index is 11.2. The summed E-state index contributed by atoms with van der Waals surface area (Å²) in [6.07, 6.45) is 4.36. The number of hydrogen-bond acceptors (Lipinski definition) is 3. The quantitative estimate of drug-likeness (QED) is 0.843. The van der Waals surface area contributed by atoms with Crippen molar-refractivity contribution < 1.29 is 14.6 Å². The predicted octanol–water partition coefficient (Wildman–Crippen LogP) is 2.98. The van der Waals surface area contributed by atoms with Gasteiger partial charge in [-0.25, -0.2) is 4.79 Å². The molecule has 0 spiro atoms. The Morgan fingerprint density at radius 2 is 2.22 bits per heavy atom. The van der Waals surface area contributed by atoms with Gasteiger partial charge in [-0.3, -0.25) is 0 Å². The second kappa shape index (κ2) is 4.53. The van der Waals surface area contributed by atoms with Gasteiger partial charge in [-0.15, -0.1) is 11.8 Å². The first-order chi connectivity index (χ1) is 8.75. The van der Waals surface area contributed by atoms with E-state index < -0.39 is 5.97 Å². The van der Waals surface area contributed by atoms with Crippen LogP contribution in [0.3, 0.4) is 0 Å². The lowest BCUT2D eigenvalue weighted by Crippen LogP contribution is -2.16. The van der Waals surface area contributed by atoms with E-state index in [1.54, 1.807) is 17.8 Å². The van der Waals surface area contributed by atoms with Gasteiger partial charge in [-0.05, 0) is 18.6 Å². The number of allylic oxidation sites excluding steroid dienone is 1. The van der Waals surface area contributed by atoms with E-state index in [1.165, 1.54) is 4.90 Å². The molecule has 18 heavy (non-hydrogen) atoms. The van der Waals surface area contributed by atoms with Gasteiger partial charge in [0.1, 0.15) is 12.4 Å². The molecule has 1 aromatic carbocycles. The zero-order valence-electron chi connectivity index (χ0n) is 9.63. The molecule has 1 aromatic rings. The molecule has 1 N–H and O–H groups in total. The molecule has 0 radical (unpaired) electrons. The first-order valence-electron chi connectivity index (χ1n) is 5.77. The summed E-state index contributed by atoms with van der Waals surface area (Å²) in [5, 5.41) is 9.26. The molecule has 0 saturated heterocycles. The fraction of sp³-hybridized carbons (Fsp3) is 0.214. The van der Waals surface area contributed by atoms with Crippen LogP contribution in [0.4, 0.5) is 0 Å². The first kappa shape index (κ1) is 11.4. The molecule has 1 atom stereocenters. The minimum Gasteiger partial charge on any atom is -0.491 e. The zero-order valence-corrected chi connectivity index (χ0v) is 10.4. The van der Waals surface area contributed by atoms with Gasteiger partial charge in [-0.2, -0.15) is 0 Å². The number of fused-ring (bicyclic) bond motifs is 2. The lowest BCUT2D eigenvalue weighted by molar-refractivity contribution is -0.132. The maximum atomic E-state index is 11.2. The van der Waals surface area contributed by atoms with Crippen LogP contribution in [0.25, 0.3) is 0 Å². The van der Waals surface area contributed by atoms with Crippen molar-refractivity contribution in [3.05, 3.63) is 53.3 Å². The molecule has 3 rings (SSSR count). The molecule has 0 aromatic heterocycles. The van der Waals surface area contributed by atoms with E-state index >= 15 is 0 Å². The van der Waals surface area contributed by atoms with Crippen molar-refractivity contribution in [3.63, 3.8) is 0 Å². The molecule has 1 aliphatic heterocycles. The Kier molecular flexibility index (Phi) is 2.88. The van der Waals surface area contributed by atoms with Crippen LogP contribution in [0.1, 0.15) is 12.0 Å². The van der Waals surface area contributed by atoms with Crippen molar-refractivity contribution in [1.29, 1.82) is 0 Å². The summed E-state index contributed by atoms with van der Waals surface area (Å²) in [6, 6.07) is 8.05. The number of benzene rings is 1. The van der Waals surface area contributed by atoms with E-state index in [0.717, 1.165) is 12.0 Å². The normalized spacial score (nSPS) is 21.7. The molecule has 2 aliphatic rings. The van der Waals surface area contributed by atoms with Gasteiger partial charge in [0.15, 0.2) is 0 Å². The SMILES string of the molecule is O=C(O)C1=C2OCc3ccccc3SC2CC=C1. The highest BCUT2D eigenvalue weighted by atomic mass is 32.2. The Morgan fingerprint density at radius 1 is 1.39 bits per heavy atom. The van der Waals surface area contributed by atoms with Gasteiger partial charge in [0.05, 0.1) is 10.8 Å². The van der Waals surface area contributed by atoms with E-state index in [9.17, 15) is 9.90 Å². The average Bonchev–Trinajstić information content (AvgIpc) is 2.56. The summed E-state index contributed by atoms with van der Waals surface area (Å²) >= 11 is 1.69. The van der Waals surface area contributed by atoms with Crippen molar-refractivity contribution in [3.8, 4) is 0 Å². The van der Waals surface area contributed by atoms with Crippen molar-refractivity contribution >= 4 is 17.7 Å². The monoisotopic (exact) mass is 260 g/mol. The van der Waals surface area contributed by atoms with E-state index in [1.807, 2.05) is 24.3 Å². The maximum Gasteiger partial charge on any atom is 0.339 e. The second-order valence-electron chi connectivity index (χ2n) is 4.22. The Morgan fingerprint density at radius 3 is 3.06 bits per heavy atom. The van der Waals surface area contributed by atoms with Gasteiger partial charge in [0.25, 0.3) is 0 Å². The molecule has 0 bridgehead atoms. The third-order valence-electron chi connectivity index (χ3n) is 3.05. The van der Waals surface area contributed by atoms with Crippen LogP contribution in [0, 0.1) is 0 Å². The van der Waals surface area contributed by atoms with E-state index in [2.05, 4.69) is 6.07 Å². The predicted molar refractivity (Wildman–Crippen MR) is 69.3 cm³/mol. The van der Waals surface area contributed by atoms with Crippen LogP contribution in [-0.2, 0) is 16.1 Å². The molecule has 1 unspecified atom stereocenters. The molecule has 0 saturated carbocycles. The Bertz CT molecular complexity index is 560. The lowest BCUT2D eigenvalue weighted by atomic mass is 10.0. The summed E-state index contributed by atoms with van der Waals surface area (Å²) < 4.78 is 5.73. The Hall–Kier alpha value is -1.68.